The van der Waals surface area contributed by atoms with Gasteiger partial charge in [-0.2, -0.15) is 0 Å². The number of alkyl halides is 1. The average molecular weight is 294 g/mol. The van der Waals surface area contributed by atoms with Crippen LogP contribution in [0.15, 0.2) is 30.6 Å². The van der Waals surface area contributed by atoms with Crippen LogP contribution in [0.1, 0.15) is 17.3 Å². The lowest BCUT2D eigenvalue weighted by molar-refractivity contribution is 0.0944. The van der Waals surface area contributed by atoms with E-state index in [0.29, 0.717) is 5.56 Å². The monoisotopic (exact) mass is 293 g/mol. The number of hydrogen-bond acceptors (Lipinski definition) is 3. The van der Waals surface area contributed by atoms with Crippen molar-refractivity contribution in [1.82, 2.24) is 15.3 Å². The van der Waals surface area contributed by atoms with Gasteiger partial charge < -0.3 is 5.32 Å². The Morgan fingerprint density at radius 2 is 2.06 bits per heavy atom. The molecular weight excluding hydrogens is 282 g/mol. The Morgan fingerprint density at radius 3 is 2.76 bits per heavy atom. The van der Waals surface area contributed by atoms with Gasteiger partial charge in [0.05, 0.1) is 11.0 Å². The van der Waals surface area contributed by atoms with Crippen LogP contribution in [0.4, 0.5) is 0 Å². The summed E-state index contributed by atoms with van der Waals surface area (Å²) in [5, 5.41) is 3.60. The number of carbonyl (C=O) groups is 1. The fourth-order valence-electron chi connectivity index (χ4n) is 1.45. The minimum Gasteiger partial charge on any atom is -0.349 e. The van der Waals surface area contributed by atoms with Crippen molar-refractivity contribution in [2.45, 2.75) is 13.0 Å². The molecule has 5 heteroatoms. The highest BCUT2D eigenvalue weighted by Crippen LogP contribution is 2.11. The van der Waals surface area contributed by atoms with Crippen LogP contribution in [-0.2, 0) is 0 Å². The fraction of sp³-hybridized carbons (Fsp3) is 0.250. The summed E-state index contributed by atoms with van der Waals surface area (Å²) in [7, 11) is 0. The molecule has 1 aromatic heterocycles. The van der Waals surface area contributed by atoms with Gasteiger partial charge in [0.2, 0.25) is 0 Å². The van der Waals surface area contributed by atoms with Crippen molar-refractivity contribution in [3.8, 4) is 0 Å². The number of carbonyl (C=O) groups excluding carboxylic acids is 1. The summed E-state index contributed by atoms with van der Waals surface area (Å²) in [4.78, 5) is 20.2. The first-order chi connectivity index (χ1) is 8.20. The third-order valence-corrected chi connectivity index (χ3v) is 3.31. The number of nitrogens with one attached hydrogen (secondary N) is 1. The molecule has 17 heavy (non-hydrogen) atoms. The first kappa shape index (κ1) is 12.0. The van der Waals surface area contributed by atoms with Gasteiger partial charge in [-0.3, -0.25) is 14.8 Å². The largest absolute Gasteiger partial charge is 0.349 e. The van der Waals surface area contributed by atoms with Crippen molar-refractivity contribution in [2.24, 2.45) is 0 Å². The Morgan fingerprint density at radius 1 is 1.35 bits per heavy atom. The number of nitrogens with zero attached hydrogens (tertiary/aromatic N) is 2. The van der Waals surface area contributed by atoms with Crippen LogP contribution in [0.25, 0.3) is 11.0 Å². The smallest absolute Gasteiger partial charge is 0.251 e. The standard InChI is InChI=1S/C12H12BrN3O/c1-8(7-13)16-12(17)9-2-3-10-11(6-9)15-5-4-14-10/h2-6,8H,7H2,1H3,(H,16,17). The Hall–Kier alpha value is -1.49. The van der Waals surface area contributed by atoms with E-state index < -0.39 is 0 Å². The molecule has 1 aromatic carbocycles. The van der Waals surface area contributed by atoms with E-state index in [0.717, 1.165) is 16.4 Å². The van der Waals surface area contributed by atoms with E-state index in [2.05, 4.69) is 31.2 Å². The van der Waals surface area contributed by atoms with Crippen LogP contribution >= 0.6 is 15.9 Å². The van der Waals surface area contributed by atoms with E-state index in [-0.39, 0.29) is 11.9 Å². The van der Waals surface area contributed by atoms with Gasteiger partial charge in [0.1, 0.15) is 0 Å². The summed E-state index contributed by atoms with van der Waals surface area (Å²) in [5.74, 6) is -0.0931. The van der Waals surface area contributed by atoms with Gasteiger partial charge in [-0.25, -0.2) is 0 Å². The second-order valence-corrected chi connectivity index (χ2v) is 4.44. The first-order valence-corrected chi connectivity index (χ1v) is 6.40. The highest BCUT2D eigenvalue weighted by Gasteiger charge is 2.09. The number of amides is 1. The average Bonchev–Trinajstić information content (AvgIpc) is 2.38. The number of benzene rings is 1. The minimum absolute atomic E-state index is 0.0931. The summed E-state index contributed by atoms with van der Waals surface area (Å²) in [6.45, 7) is 1.94. The van der Waals surface area contributed by atoms with Gasteiger partial charge in [0.25, 0.3) is 5.91 Å². The number of hydrogen-bond donors (Lipinski definition) is 1. The maximum atomic E-state index is 11.9. The molecule has 4 nitrogen and oxygen atoms in total. The molecule has 0 saturated heterocycles. The van der Waals surface area contributed by atoms with Crippen molar-refractivity contribution in [2.75, 3.05) is 5.33 Å². The molecule has 0 spiro atoms. The van der Waals surface area contributed by atoms with Gasteiger partial charge in [-0.1, -0.05) is 15.9 Å². The predicted molar refractivity (Wildman–Crippen MR) is 70.3 cm³/mol. The topological polar surface area (TPSA) is 54.9 Å². The molecule has 0 saturated carbocycles. The molecule has 0 aliphatic heterocycles. The zero-order chi connectivity index (χ0) is 12.3. The maximum Gasteiger partial charge on any atom is 0.251 e. The fourth-order valence-corrected chi connectivity index (χ4v) is 1.61. The Labute approximate surface area is 108 Å². The number of rotatable bonds is 3. The Bertz CT molecular complexity index is 544. The molecule has 1 heterocycles. The van der Waals surface area contributed by atoms with Crippen molar-refractivity contribution in [3.63, 3.8) is 0 Å². The van der Waals surface area contributed by atoms with E-state index in [1.807, 2.05) is 6.92 Å². The lowest BCUT2D eigenvalue weighted by atomic mass is 10.1. The molecule has 0 fully saturated rings. The summed E-state index contributed by atoms with van der Waals surface area (Å²) in [6, 6.07) is 5.40. The molecule has 2 aromatic rings. The second-order valence-electron chi connectivity index (χ2n) is 3.79. The molecule has 1 unspecified atom stereocenters. The molecule has 0 radical (unpaired) electrons. The quantitative estimate of drug-likeness (QED) is 0.882. The number of halogens is 1. The Kier molecular flexibility index (Phi) is 3.68. The number of fused-ring (bicyclic) bond motifs is 1. The second kappa shape index (κ2) is 5.23. The molecule has 0 aliphatic rings. The minimum atomic E-state index is -0.0931. The SMILES string of the molecule is CC(CBr)NC(=O)c1ccc2nccnc2c1. The maximum absolute atomic E-state index is 11.9. The van der Waals surface area contributed by atoms with Crippen molar-refractivity contribution >= 4 is 32.9 Å². The van der Waals surface area contributed by atoms with Crippen LogP contribution in [0, 0.1) is 0 Å². The lowest BCUT2D eigenvalue weighted by Gasteiger charge is -2.10. The molecule has 0 bridgehead atoms. The predicted octanol–water partition coefficient (Wildman–Crippen LogP) is 2.14. The van der Waals surface area contributed by atoms with E-state index in [1.54, 1.807) is 30.6 Å². The van der Waals surface area contributed by atoms with Crippen molar-refractivity contribution < 1.29 is 4.79 Å². The highest BCUT2D eigenvalue weighted by molar-refractivity contribution is 9.09. The van der Waals surface area contributed by atoms with Crippen molar-refractivity contribution in [1.29, 1.82) is 0 Å². The van der Waals surface area contributed by atoms with Gasteiger partial charge in [0, 0.05) is 29.3 Å². The molecule has 2 rings (SSSR count). The molecule has 1 atom stereocenters. The molecule has 1 N–H and O–H groups in total. The third kappa shape index (κ3) is 2.79. The molecule has 0 aliphatic carbocycles. The van der Waals surface area contributed by atoms with Crippen LogP contribution < -0.4 is 5.32 Å². The van der Waals surface area contributed by atoms with Gasteiger partial charge >= 0.3 is 0 Å². The van der Waals surface area contributed by atoms with E-state index in [1.165, 1.54) is 0 Å². The lowest BCUT2D eigenvalue weighted by Crippen LogP contribution is -2.33. The molecule has 1 amide bonds. The normalized spacial score (nSPS) is 12.4. The van der Waals surface area contributed by atoms with Gasteiger partial charge in [-0.15, -0.1) is 0 Å². The van der Waals surface area contributed by atoms with E-state index in [9.17, 15) is 4.79 Å². The van der Waals surface area contributed by atoms with Gasteiger partial charge in [0.15, 0.2) is 0 Å². The molecular formula is C12H12BrN3O. The Balaban J connectivity index is 2.27. The summed E-state index contributed by atoms with van der Waals surface area (Å²) >= 11 is 3.32. The van der Waals surface area contributed by atoms with E-state index in [4.69, 9.17) is 0 Å². The summed E-state index contributed by atoms with van der Waals surface area (Å²) in [5.41, 5.74) is 2.12. The first-order valence-electron chi connectivity index (χ1n) is 5.28. The summed E-state index contributed by atoms with van der Waals surface area (Å²) < 4.78 is 0. The molecule has 88 valence electrons. The zero-order valence-corrected chi connectivity index (χ0v) is 10.9. The van der Waals surface area contributed by atoms with Crippen molar-refractivity contribution in [3.05, 3.63) is 36.2 Å². The van der Waals surface area contributed by atoms with Crippen LogP contribution in [0.5, 0.6) is 0 Å². The zero-order valence-electron chi connectivity index (χ0n) is 9.35. The summed E-state index contributed by atoms with van der Waals surface area (Å²) in [6.07, 6.45) is 3.25. The highest BCUT2D eigenvalue weighted by atomic mass is 79.9. The van der Waals surface area contributed by atoms with Crippen LogP contribution in [-0.4, -0.2) is 27.2 Å². The number of aromatic nitrogens is 2. The third-order valence-electron chi connectivity index (χ3n) is 2.34. The van der Waals surface area contributed by atoms with Crippen LogP contribution in [0.3, 0.4) is 0 Å². The van der Waals surface area contributed by atoms with Gasteiger partial charge in [-0.05, 0) is 25.1 Å². The van der Waals surface area contributed by atoms with Crippen LogP contribution in [0.2, 0.25) is 0 Å². The van der Waals surface area contributed by atoms with E-state index >= 15 is 0 Å².